The Hall–Kier alpha value is -3.70. The summed E-state index contributed by atoms with van der Waals surface area (Å²) in [6, 6.07) is 11.7. The molecule has 1 saturated carbocycles. The van der Waals surface area contributed by atoms with Crippen molar-refractivity contribution in [2.75, 3.05) is 32.8 Å². The molecule has 2 fully saturated rings. The molecule has 6 nitrogen and oxygen atoms in total. The van der Waals surface area contributed by atoms with E-state index in [0.29, 0.717) is 48.4 Å². The molecule has 1 saturated heterocycles. The molecule has 2 unspecified atom stereocenters. The molecular weight excluding hydrogens is 559 g/mol. The minimum atomic E-state index is -1.18. The van der Waals surface area contributed by atoms with E-state index in [1.165, 1.54) is 0 Å². The third kappa shape index (κ3) is 7.19. The quantitative estimate of drug-likeness (QED) is 0.130. The van der Waals surface area contributed by atoms with Gasteiger partial charge in [-0.05, 0) is 54.7 Å². The van der Waals surface area contributed by atoms with Crippen LogP contribution in [0, 0.1) is 40.9 Å². The first kappa shape index (κ1) is 29.8. The summed E-state index contributed by atoms with van der Waals surface area (Å²) < 4.78 is 84.6. The van der Waals surface area contributed by atoms with Gasteiger partial charge in [0.2, 0.25) is 0 Å². The Kier molecular flexibility index (Phi) is 9.27. The van der Waals surface area contributed by atoms with Gasteiger partial charge in [0.1, 0.15) is 24.0 Å². The number of nitrogens with zero attached hydrogens (tertiary/aromatic N) is 1. The van der Waals surface area contributed by atoms with E-state index in [-0.39, 0.29) is 30.9 Å². The van der Waals surface area contributed by atoms with Gasteiger partial charge in [-0.1, -0.05) is 12.1 Å². The molecule has 42 heavy (non-hydrogen) atoms. The molecule has 0 spiro atoms. The molecule has 224 valence electrons. The van der Waals surface area contributed by atoms with Crippen molar-refractivity contribution in [1.82, 2.24) is 10.2 Å². The fourth-order valence-electron chi connectivity index (χ4n) is 5.43. The molecule has 1 aliphatic carbocycles. The zero-order valence-corrected chi connectivity index (χ0v) is 22.9. The molecule has 0 amide bonds. The molecule has 2 aliphatic rings. The van der Waals surface area contributed by atoms with E-state index < -0.39 is 41.2 Å². The Morgan fingerprint density at radius 1 is 0.929 bits per heavy atom. The Morgan fingerprint density at radius 3 is 2.36 bits per heavy atom. The van der Waals surface area contributed by atoms with Gasteiger partial charge >= 0.3 is 5.97 Å². The van der Waals surface area contributed by atoms with Crippen LogP contribution in [0.2, 0.25) is 0 Å². The monoisotopic (exact) mass is 590 g/mol. The van der Waals surface area contributed by atoms with E-state index >= 15 is 0 Å². The topological polar surface area (TPSA) is 60.0 Å². The number of carbonyl (C=O) groups is 1. The molecule has 1 N–H and O–H groups in total. The van der Waals surface area contributed by atoms with Gasteiger partial charge in [0.05, 0.1) is 6.61 Å². The second kappa shape index (κ2) is 13.1. The number of hydrogen-bond acceptors (Lipinski definition) is 6. The van der Waals surface area contributed by atoms with E-state index in [4.69, 9.17) is 14.2 Å². The summed E-state index contributed by atoms with van der Waals surface area (Å²) in [5.74, 6) is -4.02. The van der Waals surface area contributed by atoms with Crippen LogP contribution in [0.3, 0.4) is 0 Å². The highest BCUT2D eigenvalue weighted by Gasteiger charge is 2.55. The van der Waals surface area contributed by atoms with Crippen molar-refractivity contribution in [3.05, 3.63) is 94.8 Å². The van der Waals surface area contributed by atoms with Crippen molar-refractivity contribution in [2.45, 2.75) is 32.0 Å². The first-order valence-corrected chi connectivity index (χ1v) is 13.8. The van der Waals surface area contributed by atoms with Crippen molar-refractivity contribution in [3.63, 3.8) is 0 Å². The normalized spacial score (nSPS) is 20.2. The number of esters is 1. The fourth-order valence-corrected chi connectivity index (χ4v) is 5.43. The van der Waals surface area contributed by atoms with Crippen LogP contribution in [0.4, 0.5) is 22.0 Å². The zero-order chi connectivity index (χ0) is 29.8. The average Bonchev–Trinajstić information content (AvgIpc) is 3.41. The maximum absolute atomic E-state index is 14.1. The van der Waals surface area contributed by atoms with Gasteiger partial charge < -0.3 is 19.5 Å². The maximum Gasteiger partial charge on any atom is 0.347 e. The highest BCUT2D eigenvalue weighted by atomic mass is 19.2. The van der Waals surface area contributed by atoms with Crippen LogP contribution < -0.4 is 14.8 Å². The number of carbonyl (C=O) groups excluding carboxylic acids is 1. The Bertz CT molecular complexity index is 1390. The predicted molar refractivity (Wildman–Crippen MR) is 143 cm³/mol. The average molecular weight is 591 g/mol. The maximum atomic E-state index is 14.1. The summed E-state index contributed by atoms with van der Waals surface area (Å²) in [6.07, 6.45) is -1.08. The van der Waals surface area contributed by atoms with Gasteiger partial charge in [0.15, 0.2) is 29.3 Å². The van der Waals surface area contributed by atoms with Crippen LogP contribution in [0.5, 0.6) is 11.5 Å². The molecule has 3 aromatic rings. The van der Waals surface area contributed by atoms with Gasteiger partial charge in [-0.3, -0.25) is 4.90 Å². The number of hydrogen-bond donors (Lipinski definition) is 1. The molecule has 5 rings (SSSR count). The van der Waals surface area contributed by atoms with E-state index in [0.717, 1.165) is 37.4 Å². The van der Waals surface area contributed by atoms with E-state index in [9.17, 15) is 26.7 Å². The summed E-state index contributed by atoms with van der Waals surface area (Å²) in [7, 11) is 0. The van der Waals surface area contributed by atoms with Gasteiger partial charge in [0.25, 0.3) is 0 Å². The van der Waals surface area contributed by atoms with Crippen molar-refractivity contribution in [2.24, 2.45) is 11.8 Å². The fraction of sp³-hybridized carbons (Fsp3) is 0.387. The largest absolute Gasteiger partial charge is 0.492 e. The number of fused-ring (bicyclic) bond motifs is 1. The summed E-state index contributed by atoms with van der Waals surface area (Å²) in [5.41, 5.74) is 0.873. The standard InChI is InChI=1S/C31H31F5N2O4/c1-2-40-31(39)29(42-28-13-20(32)5-8-24(28)33)11-18-3-6-21(7-4-18)41-10-9-37-30-22-16-38(17-23(22)30)15-19-12-26(35)27(36)14-25(19)34/h3-8,12-14,22-23,29-30,37H,2,9-11,15-17H2,1H3/t22-,23?,29-,30?/m0/s1. The molecule has 0 bridgehead atoms. The van der Waals surface area contributed by atoms with Gasteiger partial charge in [-0.2, -0.15) is 0 Å². The second-order valence-electron chi connectivity index (χ2n) is 10.5. The molecule has 11 heteroatoms. The van der Waals surface area contributed by atoms with Crippen molar-refractivity contribution in [3.8, 4) is 11.5 Å². The highest BCUT2D eigenvalue weighted by Crippen LogP contribution is 2.45. The summed E-state index contributed by atoms with van der Waals surface area (Å²) in [5, 5.41) is 3.47. The van der Waals surface area contributed by atoms with Crippen molar-refractivity contribution >= 4 is 5.97 Å². The van der Waals surface area contributed by atoms with Crippen LogP contribution in [0.25, 0.3) is 0 Å². The SMILES string of the molecule is CCOC(=O)[C@H](Cc1ccc(OCCNC2C3CN(Cc4cc(F)c(F)cc4F)C[C@@H]32)cc1)Oc1cc(F)ccc1F. The molecule has 3 aromatic carbocycles. The van der Waals surface area contributed by atoms with E-state index in [1.54, 1.807) is 31.2 Å². The van der Waals surface area contributed by atoms with Gasteiger partial charge in [-0.25, -0.2) is 26.7 Å². The second-order valence-corrected chi connectivity index (χ2v) is 10.5. The first-order valence-electron chi connectivity index (χ1n) is 13.8. The number of piperidine rings is 1. The lowest BCUT2D eigenvalue weighted by atomic mass is 10.1. The Morgan fingerprint density at radius 2 is 1.64 bits per heavy atom. The predicted octanol–water partition coefficient (Wildman–Crippen LogP) is 5.03. The molecule has 4 atom stereocenters. The van der Waals surface area contributed by atoms with Crippen LogP contribution in [-0.4, -0.2) is 55.9 Å². The molecule has 0 radical (unpaired) electrons. The Labute approximate surface area is 240 Å². The minimum Gasteiger partial charge on any atom is -0.492 e. The minimum absolute atomic E-state index is 0.0842. The Balaban J connectivity index is 1.04. The lowest BCUT2D eigenvalue weighted by molar-refractivity contribution is -0.151. The van der Waals surface area contributed by atoms with E-state index in [1.807, 2.05) is 4.90 Å². The third-order valence-corrected chi connectivity index (χ3v) is 7.56. The molecule has 0 aromatic heterocycles. The lowest BCUT2D eigenvalue weighted by Gasteiger charge is -2.20. The molecule has 1 aliphatic heterocycles. The number of benzene rings is 3. The smallest absolute Gasteiger partial charge is 0.347 e. The van der Waals surface area contributed by atoms with E-state index in [2.05, 4.69) is 5.32 Å². The number of nitrogens with one attached hydrogen (secondary N) is 1. The summed E-state index contributed by atoms with van der Waals surface area (Å²) in [6.45, 7) is 4.56. The number of rotatable bonds is 13. The number of ether oxygens (including phenoxy) is 3. The zero-order valence-electron chi connectivity index (χ0n) is 22.9. The molecular formula is C31H31F5N2O4. The number of halogens is 5. The highest BCUT2D eigenvalue weighted by molar-refractivity contribution is 5.75. The summed E-state index contributed by atoms with van der Waals surface area (Å²) in [4.78, 5) is 14.5. The third-order valence-electron chi connectivity index (χ3n) is 7.56. The van der Waals surface area contributed by atoms with Gasteiger partial charge in [-0.15, -0.1) is 0 Å². The summed E-state index contributed by atoms with van der Waals surface area (Å²) >= 11 is 0. The molecule has 1 heterocycles. The van der Waals surface area contributed by atoms with Gasteiger partial charge in [0, 0.05) is 56.3 Å². The number of likely N-dealkylation sites (tertiary alicyclic amines) is 1. The van der Waals surface area contributed by atoms with Crippen LogP contribution in [0.1, 0.15) is 18.1 Å². The van der Waals surface area contributed by atoms with Crippen LogP contribution in [-0.2, 0) is 22.5 Å². The first-order chi connectivity index (χ1) is 20.2. The lowest BCUT2D eigenvalue weighted by Crippen LogP contribution is -2.33. The van der Waals surface area contributed by atoms with Crippen molar-refractivity contribution < 1.29 is 41.0 Å². The van der Waals surface area contributed by atoms with Crippen LogP contribution in [0.15, 0.2) is 54.6 Å². The van der Waals surface area contributed by atoms with Crippen LogP contribution >= 0.6 is 0 Å². The van der Waals surface area contributed by atoms with Crippen molar-refractivity contribution in [1.29, 1.82) is 0 Å².